The second-order valence-electron chi connectivity index (χ2n) is 13.0. The van der Waals surface area contributed by atoms with Crippen LogP contribution in [0.25, 0.3) is 0 Å². The van der Waals surface area contributed by atoms with Crippen molar-refractivity contribution in [2.45, 2.75) is 65.9 Å². The summed E-state index contributed by atoms with van der Waals surface area (Å²) in [6.07, 6.45) is 1.60. The van der Waals surface area contributed by atoms with Crippen LogP contribution in [0.1, 0.15) is 70.4 Å². The molecule has 3 aliphatic rings. The normalized spacial score (nSPS) is 19.9. The highest BCUT2D eigenvalue weighted by Crippen LogP contribution is 2.55. The molecule has 2 aromatic carbocycles. The van der Waals surface area contributed by atoms with Gasteiger partial charge >= 0.3 is 5.97 Å². The van der Waals surface area contributed by atoms with Crippen LogP contribution in [0.5, 0.6) is 11.5 Å². The summed E-state index contributed by atoms with van der Waals surface area (Å²) in [5.74, 6) is -1.18. The zero-order valence-corrected chi connectivity index (χ0v) is 26.0. The van der Waals surface area contributed by atoms with Gasteiger partial charge in [-0.3, -0.25) is 14.4 Å². The topological polar surface area (TPSA) is 93.1 Å². The number of Topliss-reactive ketones (excluding diaryl/α,β-unsaturated/α-hetero) is 2. The minimum atomic E-state index is -1.02. The average Bonchev–Trinajstić information content (AvgIpc) is 2.87. The Labute approximate surface area is 256 Å². The summed E-state index contributed by atoms with van der Waals surface area (Å²) in [4.78, 5) is 41.6. The van der Waals surface area contributed by atoms with Crippen molar-refractivity contribution in [3.63, 3.8) is 0 Å². The molecule has 0 atom stereocenters. The van der Waals surface area contributed by atoms with E-state index >= 15 is 0 Å². The molecule has 0 bridgehead atoms. The Morgan fingerprint density at radius 1 is 0.929 bits per heavy atom. The molecule has 1 N–H and O–H groups in total. The van der Waals surface area contributed by atoms with E-state index < -0.39 is 11.9 Å². The van der Waals surface area contributed by atoms with Crippen LogP contribution in [-0.4, -0.2) is 41.2 Å². The maximum absolute atomic E-state index is 13.9. The number of rotatable bonds is 7. The van der Waals surface area contributed by atoms with Crippen molar-refractivity contribution in [2.24, 2.45) is 10.8 Å². The minimum absolute atomic E-state index is 0.0935. The molecule has 2 aliphatic carbocycles. The van der Waals surface area contributed by atoms with Crippen LogP contribution in [0.4, 0.5) is 0 Å². The molecule has 7 nitrogen and oxygen atoms in total. The van der Waals surface area contributed by atoms with Crippen molar-refractivity contribution in [1.82, 2.24) is 4.90 Å². The first-order valence-corrected chi connectivity index (χ1v) is 14.7. The van der Waals surface area contributed by atoms with Gasteiger partial charge in [-0.05, 0) is 59.1 Å². The van der Waals surface area contributed by atoms with Gasteiger partial charge in [0.2, 0.25) is 0 Å². The van der Waals surface area contributed by atoms with Gasteiger partial charge in [0.05, 0.1) is 12.1 Å². The molecular weight excluding hydrogens is 577 g/mol. The third-order valence-electron chi connectivity index (χ3n) is 8.20. The van der Waals surface area contributed by atoms with Crippen LogP contribution < -0.4 is 9.47 Å². The molecule has 9 heteroatoms. The second kappa shape index (κ2) is 11.1. The first-order valence-electron chi connectivity index (χ1n) is 14.0. The van der Waals surface area contributed by atoms with Gasteiger partial charge in [0.1, 0.15) is 13.2 Å². The lowest BCUT2D eigenvalue weighted by molar-refractivity contribution is -0.138. The maximum Gasteiger partial charge on any atom is 0.323 e. The van der Waals surface area contributed by atoms with E-state index in [9.17, 15) is 19.5 Å². The van der Waals surface area contributed by atoms with E-state index in [1.54, 1.807) is 29.2 Å². The summed E-state index contributed by atoms with van der Waals surface area (Å²) in [6, 6.07) is 10.8. The Hall–Kier alpha value is -3.29. The van der Waals surface area contributed by atoms with Crippen molar-refractivity contribution in [2.75, 3.05) is 13.7 Å². The number of ketones is 2. The number of aliphatic carboxylic acids is 1. The molecule has 0 fully saturated rings. The van der Waals surface area contributed by atoms with Crippen molar-refractivity contribution in [1.29, 1.82) is 0 Å². The van der Waals surface area contributed by atoms with Gasteiger partial charge in [-0.2, -0.15) is 0 Å². The van der Waals surface area contributed by atoms with Crippen molar-refractivity contribution >= 4 is 40.7 Å². The predicted octanol–water partition coefficient (Wildman–Crippen LogP) is 7.35. The van der Waals surface area contributed by atoms with Gasteiger partial charge in [-0.15, -0.1) is 0 Å². The maximum atomic E-state index is 13.9. The van der Waals surface area contributed by atoms with Crippen LogP contribution in [0, 0.1) is 10.8 Å². The quantitative estimate of drug-likeness (QED) is 0.350. The highest BCUT2D eigenvalue weighted by atomic mass is 35.5. The monoisotopic (exact) mass is 611 g/mol. The van der Waals surface area contributed by atoms with Gasteiger partial charge in [0, 0.05) is 46.3 Å². The van der Waals surface area contributed by atoms with Crippen LogP contribution in [0.3, 0.4) is 0 Å². The van der Waals surface area contributed by atoms with E-state index in [2.05, 4.69) is 0 Å². The number of nitrogens with zero attached hydrogens (tertiary/aromatic N) is 1. The Morgan fingerprint density at radius 2 is 1.48 bits per heavy atom. The van der Waals surface area contributed by atoms with E-state index in [4.69, 9.17) is 32.7 Å². The fourth-order valence-corrected chi connectivity index (χ4v) is 6.89. The van der Waals surface area contributed by atoms with Gasteiger partial charge in [-0.1, -0.05) is 63.0 Å². The SMILES string of the molecule is COc1cc(C2C3=C(CC(C)(C)CC3=O)N(CC(=O)O)C3=C2C(=O)CC(C)(C)C3)cc(Cl)c1OCc1ccc(Cl)cc1. The number of carbonyl (C=O) groups is 3. The Kier molecular flexibility index (Phi) is 7.96. The number of carbonyl (C=O) groups excluding carboxylic acids is 2. The zero-order chi connectivity index (χ0) is 30.6. The Balaban J connectivity index is 1.66. The summed E-state index contributed by atoms with van der Waals surface area (Å²) < 4.78 is 11.8. The van der Waals surface area contributed by atoms with Crippen LogP contribution in [-0.2, 0) is 21.0 Å². The zero-order valence-electron chi connectivity index (χ0n) is 24.5. The molecule has 222 valence electrons. The Bertz CT molecular complexity index is 1480. The molecule has 0 aromatic heterocycles. The number of hydrogen-bond donors (Lipinski definition) is 1. The number of carboxylic acid groups (broad SMARTS) is 1. The van der Waals surface area contributed by atoms with Gasteiger partial charge in [-0.25, -0.2) is 0 Å². The number of methoxy groups -OCH3 is 1. The molecule has 42 heavy (non-hydrogen) atoms. The third kappa shape index (κ3) is 5.82. The predicted molar refractivity (Wildman–Crippen MR) is 161 cm³/mol. The summed E-state index contributed by atoms with van der Waals surface area (Å²) in [7, 11) is 1.51. The number of benzene rings is 2. The van der Waals surface area contributed by atoms with Crippen LogP contribution in [0.15, 0.2) is 58.9 Å². The largest absolute Gasteiger partial charge is 0.493 e. The van der Waals surface area contributed by atoms with E-state index in [1.165, 1.54) is 7.11 Å². The molecular formula is C33H35Cl2NO6. The van der Waals surface area contributed by atoms with Crippen molar-refractivity contribution < 1.29 is 29.0 Å². The molecule has 0 saturated heterocycles. The van der Waals surface area contributed by atoms with Crippen LogP contribution in [0.2, 0.25) is 10.0 Å². The smallest absolute Gasteiger partial charge is 0.323 e. The minimum Gasteiger partial charge on any atom is -0.493 e. The van der Waals surface area contributed by atoms with Gasteiger partial charge < -0.3 is 19.5 Å². The lowest BCUT2D eigenvalue weighted by Gasteiger charge is -2.48. The van der Waals surface area contributed by atoms with Gasteiger partial charge in [0.25, 0.3) is 0 Å². The standard InChI is InChI=1S/C33H35Cl2NO6/c1-32(2)12-22-29(24(37)14-32)28(30-23(36(22)16-27(39)40)13-33(3,4)15-25(30)38)19-10-21(35)31(26(11-19)41-5)42-17-18-6-8-20(34)9-7-18/h6-11,28H,12-17H2,1-5H3,(H,39,40). The first kappa shape index (κ1) is 30.2. The summed E-state index contributed by atoms with van der Waals surface area (Å²) >= 11 is 12.8. The fraction of sp³-hybridized carbons (Fsp3) is 0.424. The van der Waals surface area contributed by atoms with Crippen LogP contribution >= 0.6 is 23.2 Å². The van der Waals surface area contributed by atoms with Gasteiger partial charge in [0.15, 0.2) is 23.1 Å². The Morgan fingerprint density at radius 3 is 1.98 bits per heavy atom. The van der Waals surface area contributed by atoms with Crippen molar-refractivity contribution in [3.8, 4) is 11.5 Å². The number of halogens is 2. The lowest BCUT2D eigenvalue weighted by Crippen LogP contribution is -2.45. The molecule has 1 heterocycles. The molecule has 5 rings (SSSR count). The molecule has 0 radical (unpaired) electrons. The molecule has 0 amide bonds. The average molecular weight is 613 g/mol. The fourth-order valence-electron chi connectivity index (χ4n) is 6.49. The molecule has 2 aromatic rings. The number of hydrogen-bond acceptors (Lipinski definition) is 6. The third-order valence-corrected chi connectivity index (χ3v) is 8.73. The highest BCUT2D eigenvalue weighted by Gasteiger charge is 2.49. The lowest BCUT2D eigenvalue weighted by atomic mass is 9.63. The van der Waals surface area contributed by atoms with E-state index in [-0.39, 0.29) is 40.6 Å². The molecule has 0 saturated carbocycles. The second-order valence-corrected chi connectivity index (χ2v) is 13.8. The van der Waals surface area contributed by atoms with Crippen molar-refractivity contribution in [3.05, 3.63) is 80.1 Å². The highest BCUT2D eigenvalue weighted by molar-refractivity contribution is 6.32. The van der Waals surface area contributed by atoms with E-state index in [1.807, 2.05) is 39.8 Å². The van der Waals surface area contributed by atoms with E-state index in [0.29, 0.717) is 70.3 Å². The number of carboxylic acids is 1. The molecule has 0 unspecified atom stereocenters. The summed E-state index contributed by atoms with van der Waals surface area (Å²) in [5, 5.41) is 10.8. The molecule has 0 spiro atoms. The summed E-state index contributed by atoms with van der Waals surface area (Å²) in [6.45, 7) is 7.94. The molecule has 1 aliphatic heterocycles. The summed E-state index contributed by atoms with van der Waals surface area (Å²) in [5.41, 5.74) is 3.08. The number of ether oxygens (including phenoxy) is 2. The first-order chi connectivity index (χ1) is 19.7. The van der Waals surface area contributed by atoms with E-state index in [0.717, 1.165) is 5.56 Å². The number of allylic oxidation sites excluding steroid dienone is 4.